The van der Waals surface area contributed by atoms with E-state index in [-0.39, 0.29) is 11.5 Å². The molecule has 0 atom stereocenters. The number of carbonyl (C=O) groups is 1. The molecule has 2 aromatic rings. The van der Waals surface area contributed by atoms with Crippen molar-refractivity contribution in [3.05, 3.63) is 76.7 Å². The van der Waals surface area contributed by atoms with Crippen molar-refractivity contribution in [2.75, 3.05) is 14.2 Å². The highest BCUT2D eigenvalue weighted by Crippen LogP contribution is 2.28. The molecule has 0 amide bonds. The van der Waals surface area contributed by atoms with E-state index in [4.69, 9.17) is 25.9 Å². The van der Waals surface area contributed by atoms with Gasteiger partial charge < -0.3 is 19.0 Å². The minimum atomic E-state index is -0.685. The molecule has 0 saturated carbocycles. The van der Waals surface area contributed by atoms with E-state index in [0.717, 1.165) is 17.4 Å². The van der Waals surface area contributed by atoms with E-state index in [1.165, 1.54) is 14.2 Å². The monoisotopic (exact) mass is 389 g/mol. The maximum atomic E-state index is 11.7. The van der Waals surface area contributed by atoms with E-state index < -0.39 is 5.97 Å². The van der Waals surface area contributed by atoms with Crippen LogP contribution in [0.4, 0.5) is 0 Å². The molecule has 0 spiro atoms. The number of rotatable bonds is 8. The lowest BCUT2D eigenvalue weighted by Gasteiger charge is -2.11. The number of ether oxygens (including phenoxy) is 3. The predicted octanol–water partition coefficient (Wildman–Crippen LogP) is 4.32. The van der Waals surface area contributed by atoms with E-state index in [9.17, 15) is 4.79 Å². The van der Waals surface area contributed by atoms with Gasteiger partial charge in [0.25, 0.3) is 0 Å². The van der Waals surface area contributed by atoms with Crippen LogP contribution in [0.5, 0.6) is 5.75 Å². The molecule has 6 nitrogen and oxygen atoms in total. The molecule has 0 bridgehead atoms. The third-order valence-electron chi connectivity index (χ3n) is 3.46. The third kappa shape index (κ3) is 6.04. The zero-order valence-electron chi connectivity index (χ0n) is 15.3. The van der Waals surface area contributed by atoms with Gasteiger partial charge in [0.1, 0.15) is 18.6 Å². The largest absolute Gasteiger partial charge is 0.500 e. The Labute approximate surface area is 162 Å². The van der Waals surface area contributed by atoms with Crippen molar-refractivity contribution in [1.82, 2.24) is 0 Å². The summed E-state index contributed by atoms with van der Waals surface area (Å²) in [6, 6.07) is 14.8. The van der Waals surface area contributed by atoms with Crippen molar-refractivity contribution in [3.63, 3.8) is 0 Å². The van der Waals surface area contributed by atoms with E-state index in [2.05, 4.69) is 9.89 Å². The minimum Gasteiger partial charge on any atom is -0.500 e. The van der Waals surface area contributed by atoms with E-state index in [1.54, 1.807) is 25.1 Å². The number of benzene rings is 2. The molecule has 2 aromatic carbocycles. The first kappa shape index (κ1) is 20.3. The van der Waals surface area contributed by atoms with Crippen LogP contribution in [0.2, 0.25) is 5.02 Å². The number of oxime groups is 1. The number of hydrogen-bond donors (Lipinski definition) is 0. The fourth-order valence-electron chi connectivity index (χ4n) is 2.08. The molecule has 0 saturated heterocycles. The molecule has 0 aliphatic heterocycles. The molecule has 2 rings (SSSR count). The van der Waals surface area contributed by atoms with Gasteiger partial charge in [0.05, 0.1) is 25.0 Å². The topological polar surface area (TPSA) is 66.3 Å². The molecular formula is C20H20ClNO5. The fraction of sp³-hybridized carbons (Fsp3) is 0.200. The summed E-state index contributed by atoms with van der Waals surface area (Å²) in [5, 5.41) is 4.44. The van der Waals surface area contributed by atoms with Crippen molar-refractivity contribution in [2.24, 2.45) is 5.16 Å². The Bertz CT molecular complexity index is 834. The molecule has 0 unspecified atom stereocenters. The highest BCUT2D eigenvalue weighted by Gasteiger charge is 2.16. The number of carbonyl (C=O) groups excluding carboxylic acids is 1. The van der Waals surface area contributed by atoms with Gasteiger partial charge in [-0.2, -0.15) is 0 Å². The smallest absolute Gasteiger partial charge is 0.377 e. The number of nitrogens with zero attached hydrogens (tertiary/aromatic N) is 1. The maximum absolute atomic E-state index is 11.7. The first-order chi connectivity index (χ1) is 13.0. The van der Waals surface area contributed by atoms with E-state index >= 15 is 0 Å². The Kier molecular flexibility index (Phi) is 7.70. The molecule has 142 valence electrons. The summed E-state index contributed by atoms with van der Waals surface area (Å²) in [5.41, 5.74) is 2.37. The fourth-order valence-corrected chi connectivity index (χ4v) is 2.23. The highest BCUT2D eigenvalue weighted by molar-refractivity contribution is 6.32. The predicted molar refractivity (Wildman–Crippen MR) is 103 cm³/mol. The average Bonchev–Trinajstić information content (AvgIpc) is 2.69. The Morgan fingerprint density at radius 1 is 1.15 bits per heavy atom. The molecule has 0 heterocycles. The number of hydrogen-bond acceptors (Lipinski definition) is 6. The summed E-state index contributed by atoms with van der Waals surface area (Å²) in [6.07, 6.45) is 1.14. The number of methoxy groups -OCH3 is 2. The molecular weight excluding hydrogens is 370 g/mol. The van der Waals surface area contributed by atoms with Gasteiger partial charge in [0.2, 0.25) is 5.76 Å². The summed E-state index contributed by atoms with van der Waals surface area (Å²) in [6.45, 7) is 2.16. The molecule has 27 heavy (non-hydrogen) atoms. The molecule has 7 heteroatoms. The van der Waals surface area contributed by atoms with Crippen LogP contribution in [0.1, 0.15) is 18.1 Å². The first-order valence-electron chi connectivity index (χ1n) is 8.04. The van der Waals surface area contributed by atoms with Crippen LogP contribution in [0, 0.1) is 0 Å². The van der Waals surface area contributed by atoms with Crippen LogP contribution in [-0.2, 0) is 25.7 Å². The lowest BCUT2D eigenvalue weighted by atomic mass is 10.1. The van der Waals surface area contributed by atoms with Gasteiger partial charge in [-0.1, -0.05) is 53.2 Å². The maximum Gasteiger partial charge on any atom is 0.377 e. The average molecular weight is 390 g/mol. The Morgan fingerprint density at radius 3 is 2.56 bits per heavy atom. The molecule has 0 aromatic heterocycles. The molecule has 0 aliphatic rings. The van der Waals surface area contributed by atoms with Crippen molar-refractivity contribution in [1.29, 1.82) is 0 Å². The summed E-state index contributed by atoms with van der Waals surface area (Å²) in [5.74, 6) is -0.552. The van der Waals surface area contributed by atoms with Gasteiger partial charge in [-0.15, -0.1) is 0 Å². The van der Waals surface area contributed by atoms with Crippen LogP contribution < -0.4 is 4.74 Å². The Morgan fingerprint density at radius 2 is 1.89 bits per heavy atom. The minimum absolute atomic E-state index is 0.131. The van der Waals surface area contributed by atoms with Crippen LogP contribution in [0.25, 0.3) is 0 Å². The lowest BCUT2D eigenvalue weighted by molar-refractivity contribution is -0.138. The second-order valence-corrected chi connectivity index (χ2v) is 5.80. The quantitative estimate of drug-likeness (QED) is 0.221. The van der Waals surface area contributed by atoms with Crippen molar-refractivity contribution in [2.45, 2.75) is 13.5 Å². The highest BCUT2D eigenvalue weighted by atomic mass is 35.5. The van der Waals surface area contributed by atoms with Crippen molar-refractivity contribution >= 4 is 23.3 Å². The Hall–Kier alpha value is -2.99. The molecule has 0 N–H and O–H groups in total. The molecule has 0 fully saturated rings. The second kappa shape index (κ2) is 10.2. The van der Waals surface area contributed by atoms with Crippen LogP contribution in [-0.4, -0.2) is 25.9 Å². The third-order valence-corrected chi connectivity index (χ3v) is 3.77. The van der Waals surface area contributed by atoms with Crippen LogP contribution in [0.3, 0.4) is 0 Å². The number of halogens is 1. The van der Waals surface area contributed by atoms with Gasteiger partial charge in [0, 0.05) is 5.56 Å². The standard InChI is InChI=1S/C20H20ClNO5/c1-14(22-26-12-15-7-5-4-6-8-15)16-9-10-17(21)18(11-16)27-19(13-24-2)20(23)25-3/h4-11,13H,12H2,1-3H3/b19-13+,22-14+. The van der Waals surface area contributed by atoms with Gasteiger partial charge in [-0.3, -0.25) is 0 Å². The lowest BCUT2D eigenvalue weighted by Crippen LogP contribution is -2.11. The van der Waals surface area contributed by atoms with Gasteiger partial charge in [-0.25, -0.2) is 4.79 Å². The summed E-state index contributed by atoms with van der Waals surface area (Å²) < 4.78 is 15.0. The van der Waals surface area contributed by atoms with Gasteiger partial charge >= 0.3 is 5.97 Å². The van der Waals surface area contributed by atoms with Gasteiger partial charge in [-0.05, 0) is 24.6 Å². The van der Waals surface area contributed by atoms with Crippen molar-refractivity contribution in [3.8, 4) is 5.75 Å². The molecule has 0 radical (unpaired) electrons. The van der Waals surface area contributed by atoms with E-state index in [0.29, 0.717) is 17.3 Å². The Balaban J connectivity index is 2.14. The van der Waals surface area contributed by atoms with Crippen LogP contribution >= 0.6 is 11.6 Å². The normalized spacial score (nSPS) is 11.7. The zero-order valence-corrected chi connectivity index (χ0v) is 16.0. The SMILES string of the molecule is CO/C=C(/Oc1cc(/C(C)=N/OCc2ccccc2)ccc1Cl)C(=O)OC. The second-order valence-electron chi connectivity index (χ2n) is 5.39. The van der Waals surface area contributed by atoms with Gasteiger partial charge in [0.15, 0.2) is 0 Å². The molecule has 0 aliphatic carbocycles. The van der Waals surface area contributed by atoms with Crippen LogP contribution in [0.15, 0.2) is 65.7 Å². The summed E-state index contributed by atoms with van der Waals surface area (Å²) >= 11 is 6.16. The zero-order chi connectivity index (χ0) is 19.6. The van der Waals surface area contributed by atoms with E-state index in [1.807, 2.05) is 30.3 Å². The number of esters is 1. The summed E-state index contributed by atoms with van der Waals surface area (Å²) in [4.78, 5) is 17.1. The first-order valence-corrected chi connectivity index (χ1v) is 8.42. The summed E-state index contributed by atoms with van der Waals surface area (Å²) in [7, 11) is 2.64. The van der Waals surface area contributed by atoms with Crippen molar-refractivity contribution < 1.29 is 23.8 Å².